The molecule has 1 aromatic carbocycles. The topological polar surface area (TPSA) is 81.2 Å². The van der Waals surface area contributed by atoms with Gasteiger partial charge in [0.1, 0.15) is 5.52 Å². The first-order chi connectivity index (χ1) is 9.56. The molecule has 0 saturated heterocycles. The number of nitrogens with one attached hydrogen (secondary N) is 1. The number of carbonyl (C=O) groups excluding carboxylic acids is 1. The fourth-order valence-corrected chi connectivity index (χ4v) is 2.73. The molecule has 1 unspecified atom stereocenters. The molecule has 5 nitrogen and oxygen atoms in total. The lowest BCUT2D eigenvalue weighted by Gasteiger charge is -2.17. The Kier molecular flexibility index (Phi) is 5.03. The molecule has 3 N–H and O–H groups in total. The number of thioether (sulfide) groups is 1. The van der Waals surface area contributed by atoms with Crippen molar-refractivity contribution < 1.29 is 9.21 Å². The second-order valence-corrected chi connectivity index (χ2v) is 5.91. The van der Waals surface area contributed by atoms with E-state index < -0.39 is 0 Å². The lowest BCUT2D eigenvalue weighted by molar-refractivity contribution is -0.120. The number of carbonyl (C=O) groups is 1. The lowest BCUT2D eigenvalue weighted by Crippen LogP contribution is -2.44. The summed E-state index contributed by atoms with van der Waals surface area (Å²) in [5.74, 6) is 0.400. The van der Waals surface area contributed by atoms with Crippen LogP contribution in [0.5, 0.6) is 0 Å². The third kappa shape index (κ3) is 3.98. The second kappa shape index (κ2) is 6.76. The molecule has 0 radical (unpaired) electrons. The van der Waals surface area contributed by atoms with E-state index in [-0.39, 0.29) is 18.0 Å². The molecule has 20 heavy (non-hydrogen) atoms. The number of para-hydroxylation sites is 2. The summed E-state index contributed by atoms with van der Waals surface area (Å²) in [4.78, 5) is 15.7. The zero-order valence-electron chi connectivity index (χ0n) is 11.6. The van der Waals surface area contributed by atoms with E-state index in [0.717, 1.165) is 16.9 Å². The number of nitrogens with zero attached hydrogens (tertiary/aromatic N) is 1. The van der Waals surface area contributed by atoms with Gasteiger partial charge in [0, 0.05) is 11.8 Å². The number of amides is 1. The monoisotopic (exact) mass is 293 g/mol. The van der Waals surface area contributed by atoms with Gasteiger partial charge in [-0.2, -0.15) is 0 Å². The number of nitrogens with two attached hydrogens (primary N) is 1. The van der Waals surface area contributed by atoms with E-state index in [1.54, 1.807) is 0 Å². The Morgan fingerprint density at radius 2 is 2.20 bits per heavy atom. The van der Waals surface area contributed by atoms with Crippen LogP contribution in [0.4, 0.5) is 0 Å². The summed E-state index contributed by atoms with van der Waals surface area (Å²) in [5, 5.41) is 3.78. The Labute approximate surface area is 122 Å². The molecular formula is C14H19N3O2S. The maximum atomic E-state index is 11.3. The fourth-order valence-electron chi connectivity index (χ4n) is 1.89. The summed E-state index contributed by atoms with van der Waals surface area (Å²) in [7, 11) is 0. The summed E-state index contributed by atoms with van der Waals surface area (Å²) in [5.41, 5.74) is 7.00. The summed E-state index contributed by atoms with van der Waals surface area (Å²) >= 11 is 1.49. The first kappa shape index (κ1) is 14.9. The van der Waals surface area contributed by atoms with Gasteiger partial charge in [0.05, 0.1) is 6.04 Å². The van der Waals surface area contributed by atoms with E-state index in [0.29, 0.717) is 11.6 Å². The van der Waals surface area contributed by atoms with Crippen molar-refractivity contribution in [2.24, 2.45) is 5.73 Å². The molecule has 0 spiro atoms. The zero-order chi connectivity index (χ0) is 14.5. The van der Waals surface area contributed by atoms with Crippen LogP contribution in [0.25, 0.3) is 11.1 Å². The third-order valence-corrected chi connectivity index (χ3v) is 3.65. The fraction of sp³-hybridized carbons (Fsp3) is 0.429. The molecule has 1 atom stereocenters. The van der Waals surface area contributed by atoms with Gasteiger partial charge in [-0.1, -0.05) is 37.7 Å². The smallest absolute Gasteiger partial charge is 0.256 e. The molecule has 0 aliphatic rings. The number of hydrogen-bond acceptors (Lipinski definition) is 5. The molecule has 0 fully saturated rings. The van der Waals surface area contributed by atoms with Crippen molar-refractivity contribution in [3.05, 3.63) is 24.3 Å². The van der Waals surface area contributed by atoms with Gasteiger partial charge in [-0.25, -0.2) is 4.98 Å². The second-order valence-electron chi connectivity index (χ2n) is 4.86. The average molecular weight is 293 g/mol. The quantitative estimate of drug-likeness (QED) is 0.765. The Balaban J connectivity index is 1.89. The van der Waals surface area contributed by atoms with Crippen molar-refractivity contribution in [1.29, 1.82) is 0 Å². The lowest BCUT2D eigenvalue weighted by atomic mass is 10.2. The van der Waals surface area contributed by atoms with Gasteiger partial charge in [0.2, 0.25) is 5.91 Å². The molecule has 2 aromatic rings. The highest BCUT2D eigenvalue weighted by Crippen LogP contribution is 2.23. The number of primary amides is 1. The predicted molar refractivity (Wildman–Crippen MR) is 80.6 cm³/mol. The van der Waals surface area contributed by atoms with Gasteiger partial charge in [0.15, 0.2) is 5.58 Å². The van der Waals surface area contributed by atoms with Crippen molar-refractivity contribution in [2.75, 3.05) is 5.75 Å². The maximum Gasteiger partial charge on any atom is 0.256 e. The number of fused-ring (bicyclic) bond motifs is 1. The molecule has 1 amide bonds. The van der Waals surface area contributed by atoms with Gasteiger partial charge in [0.25, 0.3) is 5.22 Å². The van der Waals surface area contributed by atoms with E-state index >= 15 is 0 Å². The van der Waals surface area contributed by atoms with Gasteiger partial charge >= 0.3 is 0 Å². The Bertz CT molecular complexity index is 550. The highest BCUT2D eigenvalue weighted by atomic mass is 32.2. The van der Waals surface area contributed by atoms with E-state index in [1.807, 2.05) is 38.1 Å². The van der Waals surface area contributed by atoms with Crippen LogP contribution in [0.1, 0.15) is 20.3 Å². The summed E-state index contributed by atoms with van der Waals surface area (Å²) in [6.07, 6.45) is 0.650. The normalized spacial score (nSPS) is 12.9. The maximum absolute atomic E-state index is 11.3. The van der Waals surface area contributed by atoms with Crippen LogP contribution in [0, 0.1) is 0 Å². The minimum atomic E-state index is -0.322. The molecule has 108 valence electrons. The van der Waals surface area contributed by atoms with Gasteiger partial charge < -0.3 is 15.5 Å². The standard InChI is InChI=1S/C14H19N3O2S/c1-9(2)16-11(13(15)18)7-8-20-14-17-10-5-3-4-6-12(10)19-14/h3-6,9,11,16H,7-8H2,1-2H3,(H2,15,18). The third-order valence-electron chi connectivity index (χ3n) is 2.78. The largest absolute Gasteiger partial charge is 0.431 e. The highest BCUT2D eigenvalue weighted by Gasteiger charge is 2.16. The van der Waals surface area contributed by atoms with Crippen LogP contribution in [-0.4, -0.2) is 28.7 Å². The van der Waals surface area contributed by atoms with Crippen LogP contribution in [0.15, 0.2) is 33.9 Å². The van der Waals surface area contributed by atoms with Crippen LogP contribution in [0.2, 0.25) is 0 Å². The summed E-state index contributed by atoms with van der Waals surface area (Å²) in [6, 6.07) is 7.55. The van der Waals surface area contributed by atoms with Crippen molar-refractivity contribution >= 4 is 28.8 Å². The SMILES string of the molecule is CC(C)NC(CCSc1nc2ccccc2o1)C(N)=O. The summed E-state index contributed by atoms with van der Waals surface area (Å²) in [6.45, 7) is 3.98. The molecule has 1 heterocycles. The van der Waals surface area contributed by atoms with Crippen LogP contribution < -0.4 is 11.1 Å². The molecule has 0 bridgehead atoms. The average Bonchev–Trinajstić information content (AvgIpc) is 2.79. The molecule has 2 rings (SSSR count). The van der Waals surface area contributed by atoms with Gasteiger partial charge in [-0.3, -0.25) is 4.79 Å². The van der Waals surface area contributed by atoms with Crippen molar-refractivity contribution in [2.45, 2.75) is 37.6 Å². The van der Waals surface area contributed by atoms with Gasteiger partial charge in [-0.05, 0) is 18.6 Å². The van der Waals surface area contributed by atoms with E-state index in [9.17, 15) is 4.79 Å². The van der Waals surface area contributed by atoms with Crippen molar-refractivity contribution in [3.8, 4) is 0 Å². The number of hydrogen-bond donors (Lipinski definition) is 2. The molecule has 0 aliphatic heterocycles. The zero-order valence-corrected chi connectivity index (χ0v) is 12.4. The van der Waals surface area contributed by atoms with Gasteiger partial charge in [-0.15, -0.1) is 0 Å². The van der Waals surface area contributed by atoms with E-state index in [4.69, 9.17) is 10.2 Å². The molecule has 0 aliphatic carbocycles. The van der Waals surface area contributed by atoms with Crippen LogP contribution in [0.3, 0.4) is 0 Å². The Morgan fingerprint density at radius 3 is 2.85 bits per heavy atom. The molecule has 0 saturated carbocycles. The molecule has 1 aromatic heterocycles. The minimum Gasteiger partial charge on any atom is -0.431 e. The van der Waals surface area contributed by atoms with E-state index in [2.05, 4.69) is 10.3 Å². The van der Waals surface area contributed by atoms with Crippen molar-refractivity contribution in [3.63, 3.8) is 0 Å². The van der Waals surface area contributed by atoms with E-state index in [1.165, 1.54) is 11.8 Å². The Hall–Kier alpha value is -1.53. The number of rotatable bonds is 7. The van der Waals surface area contributed by atoms with Crippen molar-refractivity contribution in [1.82, 2.24) is 10.3 Å². The number of benzene rings is 1. The Morgan fingerprint density at radius 1 is 1.45 bits per heavy atom. The molecule has 6 heteroatoms. The van der Waals surface area contributed by atoms with Crippen LogP contribution >= 0.6 is 11.8 Å². The molecular weight excluding hydrogens is 274 g/mol. The summed E-state index contributed by atoms with van der Waals surface area (Å²) < 4.78 is 5.61. The highest BCUT2D eigenvalue weighted by molar-refractivity contribution is 7.99. The minimum absolute atomic E-state index is 0.224. The first-order valence-electron chi connectivity index (χ1n) is 6.60. The number of oxazole rings is 1. The first-order valence-corrected chi connectivity index (χ1v) is 7.58. The van der Waals surface area contributed by atoms with Crippen LogP contribution in [-0.2, 0) is 4.79 Å². The predicted octanol–water partition coefficient (Wildman–Crippen LogP) is 2.16. The number of aromatic nitrogens is 1.